The second kappa shape index (κ2) is 8.00. The summed E-state index contributed by atoms with van der Waals surface area (Å²) in [6.07, 6.45) is 5.15. The molecule has 2 aromatic carbocycles. The van der Waals surface area contributed by atoms with Gasteiger partial charge < -0.3 is 0 Å². The fourth-order valence-corrected chi connectivity index (χ4v) is 4.12. The van der Waals surface area contributed by atoms with Gasteiger partial charge >= 0.3 is 0 Å². The van der Waals surface area contributed by atoms with Crippen molar-refractivity contribution >= 4 is 0 Å². The normalized spacial score (nSPS) is 10.9. The molecule has 144 valence electrons. The molecule has 2 aromatic heterocycles. The Morgan fingerprint density at radius 1 is 0.552 bits per heavy atom. The van der Waals surface area contributed by atoms with Crippen LogP contribution in [0.1, 0.15) is 22.3 Å². The minimum absolute atomic E-state index is 0.937. The second-order valence-corrected chi connectivity index (χ2v) is 7.75. The largest absolute Gasteiger partial charge is 0.212 e. The highest BCUT2D eigenvalue weighted by Crippen LogP contribution is 2.28. The van der Waals surface area contributed by atoms with Crippen molar-refractivity contribution in [1.82, 2.24) is 0 Å². The van der Waals surface area contributed by atoms with Crippen molar-refractivity contribution in [2.24, 2.45) is 14.1 Å². The van der Waals surface area contributed by atoms with Crippen molar-refractivity contribution in [1.29, 1.82) is 0 Å². The second-order valence-electron chi connectivity index (χ2n) is 7.75. The molecule has 0 aliphatic heterocycles. The molecule has 0 atom stereocenters. The van der Waals surface area contributed by atoms with E-state index in [0.717, 1.165) is 6.42 Å². The van der Waals surface area contributed by atoms with Gasteiger partial charge in [-0.25, -0.2) is 9.13 Å². The van der Waals surface area contributed by atoms with Crippen molar-refractivity contribution in [3.05, 3.63) is 107 Å². The van der Waals surface area contributed by atoms with E-state index in [2.05, 4.69) is 122 Å². The van der Waals surface area contributed by atoms with Gasteiger partial charge in [0.05, 0.1) is 0 Å². The SMILES string of the molecule is Cc1c(Cc2cccc(-c3cccc[n+]3C)c2C)cccc1-c1cccc[n+]1C. The molecule has 2 heteroatoms. The third-order valence-electron chi connectivity index (χ3n) is 5.93. The van der Waals surface area contributed by atoms with E-state index in [1.807, 2.05) is 0 Å². The Balaban J connectivity index is 1.75. The number of hydrogen-bond donors (Lipinski definition) is 0. The van der Waals surface area contributed by atoms with E-state index in [9.17, 15) is 0 Å². The van der Waals surface area contributed by atoms with E-state index in [0.29, 0.717) is 0 Å². The summed E-state index contributed by atoms with van der Waals surface area (Å²) >= 11 is 0. The van der Waals surface area contributed by atoms with E-state index in [-0.39, 0.29) is 0 Å². The van der Waals surface area contributed by atoms with Gasteiger partial charge in [-0.2, -0.15) is 0 Å². The first-order valence-electron chi connectivity index (χ1n) is 10.1. The molecule has 0 aliphatic carbocycles. The highest BCUT2D eigenvalue weighted by molar-refractivity contribution is 5.65. The summed E-state index contributed by atoms with van der Waals surface area (Å²) in [7, 11) is 4.21. The molecule has 0 saturated carbocycles. The van der Waals surface area contributed by atoms with Crippen molar-refractivity contribution in [2.45, 2.75) is 20.3 Å². The monoisotopic (exact) mass is 380 g/mol. The van der Waals surface area contributed by atoms with E-state index in [4.69, 9.17) is 0 Å². The lowest BCUT2D eigenvalue weighted by Gasteiger charge is -2.14. The minimum Gasteiger partial charge on any atom is -0.201 e. The Kier molecular flexibility index (Phi) is 5.26. The molecule has 0 aliphatic rings. The van der Waals surface area contributed by atoms with Crippen molar-refractivity contribution < 1.29 is 9.13 Å². The summed E-state index contributed by atoms with van der Waals surface area (Å²) in [6, 6.07) is 26.1. The summed E-state index contributed by atoms with van der Waals surface area (Å²) in [4.78, 5) is 0. The zero-order chi connectivity index (χ0) is 20.4. The number of rotatable bonds is 4. The summed E-state index contributed by atoms with van der Waals surface area (Å²) in [5.41, 5.74) is 10.5. The van der Waals surface area contributed by atoms with Crippen LogP contribution in [0.5, 0.6) is 0 Å². The van der Waals surface area contributed by atoms with E-state index in [1.165, 1.54) is 44.8 Å². The van der Waals surface area contributed by atoms with Gasteiger partial charge in [0.25, 0.3) is 0 Å². The van der Waals surface area contributed by atoms with Crippen LogP contribution in [-0.4, -0.2) is 0 Å². The number of aryl methyl sites for hydroxylation is 2. The highest BCUT2D eigenvalue weighted by atomic mass is 14.9. The highest BCUT2D eigenvalue weighted by Gasteiger charge is 2.16. The van der Waals surface area contributed by atoms with Gasteiger partial charge in [0, 0.05) is 35.4 Å². The standard InChI is InChI=1S/C27H28N2/c1-20-22(11-9-13-24(20)26-15-5-7-17-28(26)3)19-23-12-10-14-25(21(23)2)27-16-6-8-18-29(27)4/h5-18H,19H2,1-4H3/q+2. The van der Waals surface area contributed by atoms with Gasteiger partial charge in [0.15, 0.2) is 12.4 Å². The van der Waals surface area contributed by atoms with E-state index >= 15 is 0 Å². The quantitative estimate of drug-likeness (QED) is 0.446. The Labute approximate surface area is 173 Å². The lowest BCUT2D eigenvalue weighted by molar-refractivity contribution is -0.660. The van der Waals surface area contributed by atoms with Gasteiger partial charge in [-0.05, 0) is 66.8 Å². The van der Waals surface area contributed by atoms with Gasteiger partial charge in [-0.15, -0.1) is 0 Å². The average molecular weight is 381 g/mol. The smallest absolute Gasteiger partial charge is 0.201 e. The minimum atomic E-state index is 0.937. The van der Waals surface area contributed by atoms with Gasteiger partial charge in [-0.1, -0.05) is 24.3 Å². The molecule has 4 rings (SSSR count). The molecule has 0 amide bonds. The number of hydrogen-bond acceptors (Lipinski definition) is 0. The lowest BCUT2D eigenvalue weighted by atomic mass is 9.91. The van der Waals surface area contributed by atoms with Crippen molar-refractivity contribution in [3.63, 3.8) is 0 Å². The Hall–Kier alpha value is -3.26. The first kappa shape index (κ1) is 19.1. The Bertz CT molecular complexity index is 1080. The predicted molar refractivity (Wildman–Crippen MR) is 118 cm³/mol. The molecule has 0 spiro atoms. The van der Waals surface area contributed by atoms with Crippen molar-refractivity contribution in [3.8, 4) is 22.5 Å². The third-order valence-corrected chi connectivity index (χ3v) is 5.93. The molecule has 0 radical (unpaired) electrons. The molecule has 0 saturated heterocycles. The zero-order valence-corrected chi connectivity index (χ0v) is 17.7. The van der Waals surface area contributed by atoms with Crippen LogP contribution in [-0.2, 0) is 20.5 Å². The molecule has 0 N–H and O–H groups in total. The van der Waals surface area contributed by atoms with Crippen LogP contribution in [0, 0.1) is 13.8 Å². The maximum absolute atomic E-state index is 2.26. The molecule has 29 heavy (non-hydrogen) atoms. The lowest BCUT2D eigenvalue weighted by Crippen LogP contribution is -2.30. The van der Waals surface area contributed by atoms with Crippen LogP contribution in [0.25, 0.3) is 22.5 Å². The summed E-state index contributed by atoms with van der Waals surface area (Å²) in [5, 5.41) is 0. The van der Waals surface area contributed by atoms with Crippen LogP contribution >= 0.6 is 0 Å². The Morgan fingerprint density at radius 3 is 1.41 bits per heavy atom. The van der Waals surface area contributed by atoms with Gasteiger partial charge in [-0.3, -0.25) is 0 Å². The first-order chi connectivity index (χ1) is 14.1. The molecule has 0 unspecified atom stereocenters. The van der Waals surface area contributed by atoms with Gasteiger partial charge in [0.2, 0.25) is 11.4 Å². The molecular formula is C27H28N2+2. The zero-order valence-electron chi connectivity index (χ0n) is 17.7. The fourth-order valence-electron chi connectivity index (χ4n) is 4.12. The van der Waals surface area contributed by atoms with Crippen LogP contribution in [0.2, 0.25) is 0 Å². The number of pyridine rings is 2. The van der Waals surface area contributed by atoms with Crippen LogP contribution in [0.4, 0.5) is 0 Å². The molecular weight excluding hydrogens is 352 g/mol. The molecule has 2 nitrogen and oxygen atoms in total. The van der Waals surface area contributed by atoms with E-state index < -0.39 is 0 Å². The van der Waals surface area contributed by atoms with E-state index in [1.54, 1.807) is 0 Å². The molecule has 0 bridgehead atoms. The first-order valence-corrected chi connectivity index (χ1v) is 10.1. The topological polar surface area (TPSA) is 7.76 Å². The fraction of sp³-hybridized carbons (Fsp3) is 0.185. The number of aromatic nitrogens is 2. The number of nitrogens with zero attached hydrogens (tertiary/aromatic N) is 2. The van der Waals surface area contributed by atoms with Crippen molar-refractivity contribution in [2.75, 3.05) is 0 Å². The predicted octanol–water partition coefficient (Wildman–Crippen LogP) is 4.88. The summed E-state index contributed by atoms with van der Waals surface area (Å²) in [5.74, 6) is 0. The summed E-state index contributed by atoms with van der Waals surface area (Å²) < 4.78 is 4.38. The molecule has 4 aromatic rings. The van der Waals surface area contributed by atoms with Gasteiger partial charge in [0.1, 0.15) is 14.1 Å². The Morgan fingerprint density at radius 2 is 1.00 bits per heavy atom. The van der Waals surface area contributed by atoms with Crippen LogP contribution in [0.15, 0.2) is 85.2 Å². The average Bonchev–Trinajstić information content (AvgIpc) is 2.72. The maximum atomic E-state index is 2.26. The van der Waals surface area contributed by atoms with Crippen LogP contribution < -0.4 is 9.13 Å². The van der Waals surface area contributed by atoms with Crippen LogP contribution in [0.3, 0.4) is 0 Å². The molecule has 2 heterocycles. The maximum Gasteiger partial charge on any atom is 0.212 e. The third kappa shape index (κ3) is 3.71. The molecule has 0 fully saturated rings. The number of benzene rings is 2. The summed E-state index contributed by atoms with van der Waals surface area (Å²) in [6.45, 7) is 4.49.